The van der Waals surface area contributed by atoms with Crippen molar-refractivity contribution in [3.8, 4) is 0 Å². The third-order valence-corrected chi connectivity index (χ3v) is 3.49. The normalized spacial score (nSPS) is 19.7. The van der Waals surface area contributed by atoms with Crippen LogP contribution in [-0.4, -0.2) is 40.9 Å². The fraction of sp³-hybridized carbons (Fsp3) is 0.615. The van der Waals surface area contributed by atoms with Gasteiger partial charge in [0.25, 0.3) is 5.91 Å². The van der Waals surface area contributed by atoms with E-state index in [-0.39, 0.29) is 5.91 Å². The summed E-state index contributed by atoms with van der Waals surface area (Å²) < 4.78 is 0. The molecule has 0 radical (unpaired) electrons. The molecule has 1 amide bonds. The largest absolute Gasteiger partial charge is 0.372 e. The molecule has 1 atom stereocenters. The molecule has 1 aromatic heterocycles. The highest BCUT2D eigenvalue weighted by Gasteiger charge is 2.24. The second kappa shape index (κ2) is 5.80. The lowest BCUT2D eigenvalue weighted by molar-refractivity contribution is 0.0665. The number of nitrogens with zero attached hydrogens (tertiary/aromatic N) is 3. The molecule has 18 heavy (non-hydrogen) atoms. The van der Waals surface area contributed by atoms with Crippen molar-refractivity contribution in [1.29, 1.82) is 0 Å². The predicted molar refractivity (Wildman–Crippen MR) is 70.5 cm³/mol. The summed E-state index contributed by atoms with van der Waals surface area (Å²) in [5.74, 6) is 1.26. The van der Waals surface area contributed by atoms with Crippen LogP contribution in [0.5, 0.6) is 0 Å². The van der Waals surface area contributed by atoms with Gasteiger partial charge in [0.1, 0.15) is 11.5 Å². The second-order valence-electron chi connectivity index (χ2n) is 4.71. The van der Waals surface area contributed by atoms with Crippen molar-refractivity contribution in [2.45, 2.75) is 26.2 Å². The average molecular weight is 248 g/mol. The number of anilines is 1. The molecule has 1 unspecified atom stereocenters. The van der Waals surface area contributed by atoms with E-state index in [1.807, 2.05) is 4.90 Å². The zero-order valence-electron chi connectivity index (χ0n) is 11.0. The van der Waals surface area contributed by atoms with Crippen molar-refractivity contribution in [3.05, 3.63) is 18.1 Å². The quantitative estimate of drug-likeness (QED) is 0.886. The third-order valence-electron chi connectivity index (χ3n) is 3.49. The van der Waals surface area contributed by atoms with Crippen LogP contribution in [-0.2, 0) is 0 Å². The first kappa shape index (κ1) is 12.8. The number of amides is 1. The minimum absolute atomic E-state index is 0.00208. The summed E-state index contributed by atoms with van der Waals surface area (Å²) in [5, 5.41) is 2.90. The van der Waals surface area contributed by atoms with E-state index in [1.165, 1.54) is 6.42 Å². The first-order valence-corrected chi connectivity index (χ1v) is 6.53. The van der Waals surface area contributed by atoms with E-state index in [2.05, 4.69) is 22.2 Å². The number of nitrogens with one attached hydrogen (secondary N) is 1. The lowest BCUT2D eigenvalue weighted by atomic mass is 9.95. The number of likely N-dealkylation sites (tertiary alicyclic amines) is 1. The Hall–Kier alpha value is -1.65. The molecule has 0 aliphatic carbocycles. The minimum Gasteiger partial charge on any atom is -0.372 e. The number of piperidine rings is 1. The summed E-state index contributed by atoms with van der Waals surface area (Å²) in [4.78, 5) is 22.5. The molecule has 5 heteroatoms. The van der Waals surface area contributed by atoms with Gasteiger partial charge in [-0.15, -0.1) is 0 Å². The number of carbonyl (C=O) groups is 1. The van der Waals surface area contributed by atoms with E-state index in [1.54, 1.807) is 19.4 Å². The van der Waals surface area contributed by atoms with E-state index >= 15 is 0 Å². The van der Waals surface area contributed by atoms with Crippen LogP contribution in [0.15, 0.2) is 12.4 Å². The first-order valence-electron chi connectivity index (χ1n) is 6.53. The number of carbonyl (C=O) groups excluding carboxylic acids is 1. The monoisotopic (exact) mass is 248 g/mol. The molecule has 1 aromatic rings. The summed E-state index contributed by atoms with van der Waals surface area (Å²) in [7, 11) is 1.77. The van der Waals surface area contributed by atoms with Gasteiger partial charge < -0.3 is 10.2 Å². The zero-order chi connectivity index (χ0) is 13.0. The Morgan fingerprint density at radius 3 is 3.11 bits per heavy atom. The van der Waals surface area contributed by atoms with Crippen LogP contribution < -0.4 is 5.32 Å². The van der Waals surface area contributed by atoms with Crippen molar-refractivity contribution >= 4 is 11.7 Å². The molecule has 1 fully saturated rings. The highest BCUT2D eigenvalue weighted by atomic mass is 16.2. The fourth-order valence-electron chi connectivity index (χ4n) is 2.33. The molecule has 98 valence electrons. The Balaban J connectivity index is 2.10. The van der Waals surface area contributed by atoms with Gasteiger partial charge in [0.15, 0.2) is 0 Å². The Bertz CT molecular complexity index is 421. The van der Waals surface area contributed by atoms with Gasteiger partial charge in [0, 0.05) is 20.1 Å². The minimum atomic E-state index is -0.00208. The van der Waals surface area contributed by atoms with E-state index < -0.39 is 0 Å². The second-order valence-corrected chi connectivity index (χ2v) is 4.71. The van der Waals surface area contributed by atoms with Crippen LogP contribution in [0.25, 0.3) is 0 Å². The number of aromatic nitrogens is 2. The Labute approximate surface area is 108 Å². The van der Waals surface area contributed by atoms with Gasteiger partial charge in [-0.05, 0) is 18.8 Å². The maximum Gasteiger partial charge on any atom is 0.274 e. The first-order chi connectivity index (χ1) is 8.74. The molecule has 0 saturated carbocycles. The molecular weight excluding hydrogens is 228 g/mol. The molecule has 0 spiro atoms. The Morgan fingerprint density at radius 2 is 2.39 bits per heavy atom. The molecule has 2 rings (SSSR count). The molecule has 0 bridgehead atoms. The van der Waals surface area contributed by atoms with E-state index in [9.17, 15) is 4.79 Å². The maximum atomic E-state index is 12.3. The number of hydrogen-bond acceptors (Lipinski definition) is 4. The smallest absolute Gasteiger partial charge is 0.274 e. The topological polar surface area (TPSA) is 58.1 Å². The van der Waals surface area contributed by atoms with Gasteiger partial charge in [0.2, 0.25) is 0 Å². The van der Waals surface area contributed by atoms with Gasteiger partial charge >= 0.3 is 0 Å². The molecule has 1 aliphatic heterocycles. The zero-order valence-corrected chi connectivity index (χ0v) is 11.0. The Kier molecular flexibility index (Phi) is 4.12. The van der Waals surface area contributed by atoms with E-state index in [4.69, 9.17) is 0 Å². The number of rotatable bonds is 3. The van der Waals surface area contributed by atoms with Crippen LogP contribution in [0.1, 0.15) is 36.7 Å². The predicted octanol–water partition coefficient (Wildman–Crippen LogP) is 1.78. The van der Waals surface area contributed by atoms with Crippen LogP contribution in [0.3, 0.4) is 0 Å². The van der Waals surface area contributed by atoms with Crippen molar-refractivity contribution in [2.75, 3.05) is 25.5 Å². The molecule has 1 aliphatic rings. The lowest BCUT2D eigenvalue weighted by Crippen LogP contribution is -2.40. The molecule has 1 saturated heterocycles. The van der Waals surface area contributed by atoms with Crippen molar-refractivity contribution in [1.82, 2.24) is 14.9 Å². The van der Waals surface area contributed by atoms with Crippen molar-refractivity contribution in [2.24, 2.45) is 5.92 Å². The van der Waals surface area contributed by atoms with Gasteiger partial charge in [-0.25, -0.2) is 4.98 Å². The lowest BCUT2D eigenvalue weighted by Gasteiger charge is -2.32. The van der Waals surface area contributed by atoms with Gasteiger partial charge in [0.05, 0.1) is 12.4 Å². The molecule has 1 N–H and O–H groups in total. The van der Waals surface area contributed by atoms with Gasteiger partial charge in [-0.3, -0.25) is 9.78 Å². The fourth-order valence-corrected chi connectivity index (χ4v) is 2.33. The van der Waals surface area contributed by atoms with Crippen LogP contribution in [0.4, 0.5) is 5.82 Å². The van der Waals surface area contributed by atoms with E-state index in [0.717, 1.165) is 25.9 Å². The standard InChI is InChI=1S/C13H20N4O/c1-3-10-5-4-6-17(9-10)13(18)11-7-15-8-12(14-2)16-11/h7-8,10H,3-6,9H2,1-2H3,(H,14,16). The van der Waals surface area contributed by atoms with Crippen LogP contribution in [0.2, 0.25) is 0 Å². The summed E-state index contributed by atoms with van der Waals surface area (Å²) in [5.41, 5.74) is 0.429. The average Bonchev–Trinajstić information content (AvgIpc) is 2.46. The molecule has 2 heterocycles. The van der Waals surface area contributed by atoms with Crippen LogP contribution >= 0.6 is 0 Å². The summed E-state index contributed by atoms with van der Waals surface area (Å²) in [6, 6.07) is 0. The highest BCUT2D eigenvalue weighted by molar-refractivity contribution is 5.92. The van der Waals surface area contributed by atoms with Gasteiger partial charge in [-0.2, -0.15) is 0 Å². The summed E-state index contributed by atoms with van der Waals surface area (Å²) >= 11 is 0. The van der Waals surface area contributed by atoms with Gasteiger partial charge in [-0.1, -0.05) is 13.3 Å². The molecular formula is C13H20N4O. The summed E-state index contributed by atoms with van der Waals surface area (Å²) in [6.07, 6.45) is 6.60. The Morgan fingerprint density at radius 1 is 1.56 bits per heavy atom. The molecule has 5 nitrogen and oxygen atoms in total. The van der Waals surface area contributed by atoms with Crippen molar-refractivity contribution < 1.29 is 4.79 Å². The van der Waals surface area contributed by atoms with Crippen LogP contribution in [0, 0.1) is 5.92 Å². The van der Waals surface area contributed by atoms with E-state index in [0.29, 0.717) is 17.4 Å². The highest BCUT2D eigenvalue weighted by Crippen LogP contribution is 2.20. The number of hydrogen-bond donors (Lipinski definition) is 1. The maximum absolute atomic E-state index is 12.3. The van der Waals surface area contributed by atoms with Crippen molar-refractivity contribution in [3.63, 3.8) is 0 Å². The molecule has 0 aromatic carbocycles. The third kappa shape index (κ3) is 2.78. The summed E-state index contributed by atoms with van der Waals surface area (Å²) in [6.45, 7) is 3.86. The SMILES string of the molecule is CCC1CCCN(C(=O)c2cncc(NC)n2)C1.